The minimum absolute atomic E-state index is 0.0890. The summed E-state index contributed by atoms with van der Waals surface area (Å²) in [5.74, 6) is 1.58. The van der Waals surface area contributed by atoms with Gasteiger partial charge >= 0.3 is 0 Å². The normalized spacial score (nSPS) is 20.9. The molecule has 5 aliphatic rings. The quantitative estimate of drug-likeness (QED) is 0.334. The summed E-state index contributed by atoms with van der Waals surface area (Å²) in [6.45, 7) is 11.9. The van der Waals surface area contributed by atoms with Crippen LogP contribution in [0.5, 0.6) is 5.75 Å². The van der Waals surface area contributed by atoms with Crippen molar-refractivity contribution in [2.24, 2.45) is 10.7 Å². The molecule has 5 aliphatic heterocycles. The molecule has 50 heavy (non-hydrogen) atoms. The maximum absolute atomic E-state index is 14.0. The molecule has 1 amide bonds. The van der Waals surface area contributed by atoms with Gasteiger partial charge in [-0.1, -0.05) is 18.7 Å². The van der Waals surface area contributed by atoms with E-state index in [9.17, 15) is 13.6 Å². The van der Waals surface area contributed by atoms with Gasteiger partial charge in [0.05, 0.1) is 18.4 Å². The van der Waals surface area contributed by atoms with E-state index in [2.05, 4.69) is 44.0 Å². The molecule has 3 saturated heterocycles. The molecule has 0 radical (unpaired) electrons. The summed E-state index contributed by atoms with van der Waals surface area (Å²) in [6.07, 6.45) is 8.73. The molecule has 0 spiro atoms. The fourth-order valence-corrected chi connectivity index (χ4v) is 8.05. The Labute approximate surface area is 294 Å². The molecule has 12 heteroatoms. The van der Waals surface area contributed by atoms with E-state index in [-0.39, 0.29) is 18.5 Å². The van der Waals surface area contributed by atoms with Crippen molar-refractivity contribution in [2.75, 3.05) is 64.2 Å². The Kier molecular flexibility index (Phi) is 10.8. The van der Waals surface area contributed by atoms with Crippen LogP contribution in [-0.2, 0) is 11.3 Å². The molecule has 0 aromatic heterocycles. The van der Waals surface area contributed by atoms with Gasteiger partial charge in [-0.2, -0.15) is 0 Å². The molecule has 0 saturated carbocycles. The molecule has 7 rings (SSSR count). The average molecular weight is 689 g/mol. The van der Waals surface area contributed by atoms with Crippen LogP contribution in [-0.4, -0.2) is 102 Å². The van der Waals surface area contributed by atoms with Crippen molar-refractivity contribution >= 4 is 17.4 Å². The molecule has 3 fully saturated rings. The summed E-state index contributed by atoms with van der Waals surface area (Å²) in [5.41, 5.74) is 8.49. The Morgan fingerprint density at radius 1 is 1.00 bits per heavy atom. The maximum atomic E-state index is 14.0. The number of anilines is 1. The SMILES string of the molecule is C=C1N=C2Nc3cc(C4CCN(C(=O)CN(Cc5ccc(F)c(F)c5)C5CCNCC5)CC4)ccc3OC2=CN1C1CCN(CCCN)CC1. The molecule has 268 valence electrons. The van der Waals surface area contributed by atoms with Crippen LogP contribution >= 0.6 is 0 Å². The zero-order valence-electron chi connectivity index (χ0n) is 28.9. The number of nitrogens with one attached hydrogen (secondary N) is 2. The van der Waals surface area contributed by atoms with E-state index in [1.54, 1.807) is 6.07 Å². The number of rotatable bonds is 10. The van der Waals surface area contributed by atoms with Gasteiger partial charge in [0.15, 0.2) is 29.0 Å². The van der Waals surface area contributed by atoms with E-state index in [4.69, 9.17) is 15.5 Å². The molecule has 10 nitrogen and oxygen atoms in total. The molecule has 0 aliphatic carbocycles. The van der Waals surface area contributed by atoms with E-state index >= 15 is 0 Å². The first-order valence-corrected chi connectivity index (χ1v) is 18.3. The number of amides is 1. The predicted octanol–water partition coefficient (Wildman–Crippen LogP) is 4.57. The highest BCUT2D eigenvalue weighted by Gasteiger charge is 2.33. The summed E-state index contributed by atoms with van der Waals surface area (Å²) in [6, 6.07) is 10.9. The summed E-state index contributed by atoms with van der Waals surface area (Å²) in [4.78, 5) is 27.2. The van der Waals surface area contributed by atoms with Gasteiger partial charge in [-0.3, -0.25) is 9.69 Å². The second-order valence-corrected chi connectivity index (χ2v) is 14.3. The lowest BCUT2D eigenvalue weighted by Gasteiger charge is -2.40. The van der Waals surface area contributed by atoms with Crippen LogP contribution in [0.15, 0.2) is 65.7 Å². The van der Waals surface area contributed by atoms with Crippen molar-refractivity contribution in [3.63, 3.8) is 0 Å². The molecule has 4 N–H and O–H groups in total. The number of hydrogen-bond donors (Lipinski definition) is 3. The van der Waals surface area contributed by atoms with Crippen molar-refractivity contribution < 1.29 is 18.3 Å². The molecular weight excluding hydrogens is 638 g/mol. The van der Waals surface area contributed by atoms with Crippen molar-refractivity contribution in [3.05, 3.63) is 83.5 Å². The molecule has 0 unspecified atom stereocenters. The second kappa shape index (κ2) is 15.6. The first kappa shape index (κ1) is 34.6. The van der Waals surface area contributed by atoms with Crippen molar-refractivity contribution in [3.8, 4) is 5.75 Å². The third kappa shape index (κ3) is 7.88. The number of nitrogens with zero attached hydrogens (tertiary/aromatic N) is 5. The highest BCUT2D eigenvalue weighted by atomic mass is 19.2. The number of ether oxygens (including phenoxy) is 1. The van der Waals surface area contributed by atoms with Gasteiger partial charge in [0.1, 0.15) is 5.82 Å². The molecule has 0 bridgehead atoms. The summed E-state index contributed by atoms with van der Waals surface area (Å²) >= 11 is 0. The molecule has 2 aromatic rings. The number of aliphatic imine (C=N–C) groups is 1. The van der Waals surface area contributed by atoms with E-state index in [1.165, 1.54) is 17.7 Å². The summed E-state index contributed by atoms with van der Waals surface area (Å²) < 4.78 is 33.9. The number of carbonyl (C=O) groups is 1. The van der Waals surface area contributed by atoms with Crippen LogP contribution in [0.1, 0.15) is 62.0 Å². The number of likely N-dealkylation sites (tertiary alicyclic amines) is 2. The maximum Gasteiger partial charge on any atom is 0.236 e. The number of nitrogens with two attached hydrogens (primary N) is 1. The lowest BCUT2D eigenvalue weighted by atomic mass is 9.89. The van der Waals surface area contributed by atoms with E-state index in [0.29, 0.717) is 48.8 Å². The van der Waals surface area contributed by atoms with Gasteiger partial charge in [-0.25, -0.2) is 13.8 Å². The molecular formula is C38H50F2N8O2. The second-order valence-electron chi connectivity index (χ2n) is 14.3. The van der Waals surface area contributed by atoms with E-state index in [1.807, 2.05) is 17.2 Å². The first-order valence-electron chi connectivity index (χ1n) is 18.3. The Bertz CT molecular complexity index is 1610. The van der Waals surface area contributed by atoms with Crippen LogP contribution < -0.4 is 21.1 Å². The number of hydrogen-bond acceptors (Lipinski definition) is 9. The number of amidine groups is 1. The van der Waals surface area contributed by atoms with Gasteiger partial charge in [0.25, 0.3) is 0 Å². The fraction of sp³-hybridized carbons (Fsp3) is 0.526. The standard InChI is InChI=1S/C38H50F2N8O2/c1-26-43-38-36(24-48(26)31-11-17-45(18-12-31)16-2-13-41)50-35-6-4-29(22-34(35)44-38)28-9-19-46(20-10-28)37(49)25-47(30-7-14-42-15-8-30)23-27-3-5-32(39)33(40)21-27/h3-6,21-22,24,28,30-31,42H,1-2,7-20,23,25,41H2,(H,43,44). The minimum atomic E-state index is -0.855. The number of carbonyl (C=O) groups excluding carboxylic acids is 1. The van der Waals surface area contributed by atoms with Crippen LogP contribution in [0, 0.1) is 11.6 Å². The van der Waals surface area contributed by atoms with E-state index < -0.39 is 11.6 Å². The smallest absolute Gasteiger partial charge is 0.236 e. The third-order valence-corrected chi connectivity index (χ3v) is 11.0. The lowest BCUT2D eigenvalue weighted by Crippen LogP contribution is -2.49. The van der Waals surface area contributed by atoms with Gasteiger partial charge in [-0.05, 0) is 112 Å². The zero-order valence-corrected chi connectivity index (χ0v) is 28.9. The highest BCUT2D eigenvalue weighted by Crippen LogP contribution is 2.38. The first-order chi connectivity index (χ1) is 24.3. The summed E-state index contributed by atoms with van der Waals surface area (Å²) in [7, 11) is 0. The van der Waals surface area contributed by atoms with Crippen molar-refractivity contribution in [1.82, 2.24) is 24.9 Å². The minimum Gasteiger partial charge on any atom is -0.450 e. The largest absolute Gasteiger partial charge is 0.450 e. The lowest BCUT2D eigenvalue weighted by molar-refractivity contribution is -0.134. The van der Waals surface area contributed by atoms with Crippen LogP contribution in [0.2, 0.25) is 0 Å². The number of halogens is 2. The topological polar surface area (TPSA) is 102 Å². The van der Waals surface area contributed by atoms with Gasteiger partial charge in [-0.15, -0.1) is 0 Å². The Morgan fingerprint density at radius 3 is 2.52 bits per heavy atom. The number of fused-ring (bicyclic) bond motifs is 2. The highest BCUT2D eigenvalue weighted by molar-refractivity contribution is 6.10. The van der Waals surface area contributed by atoms with Crippen LogP contribution in [0.25, 0.3) is 0 Å². The van der Waals surface area contributed by atoms with Gasteiger partial charge < -0.3 is 35.8 Å². The number of benzene rings is 2. The predicted molar refractivity (Wildman–Crippen MR) is 192 cm³/mol. The average Bonchev–Trinajstić information content (AvgIpc) is 3.14. The third-order valence-electron chi connectivity index (χ3n) is 11.0. The monoisotopic (exact) mass is 688 g/mol. The Hall–Kier alpha value is -3.84. The molecule has 2 aromatic carbocycles. The zero-order chi connectivity index (χ0) is 34.6. The van der Waals surface area contributed by atoms with Crippen molar-refractivity contribution in [2.45, 2.75) is 69.5 Å². The Balaban J connectivity index is 0.948. The summed E-state index contributed by atoms with van der Waals surface area (Å²) in [5, 5.41) is 6.88. The Morgan fingerprint density at radius 2 is 1.78 bits per heavy atom. The molecule has 0 atom stereocenters. The van der Waals surface area contributed by atoms with Crippen molar-refractivity contribution in [1.29, 1.82) is 0 Å². The fourth-order valence-electron chi connectivity index (χ4n) is 8.05. The van der Waals surface area contributed by atoms with Crippen LogP contribution in [0.4, 0.5) is 14.5 Å². The van der Waals surface area contributed by atoms with E-state index in [0.717, 1.165) is 101 Å². The van der Waals surface area contributed by atoms with Gasteiger partial charge in [0, 0.05) is 44.8 Å². The van der Waals surface area contributed by atoms with Gasteiger partial charge in [0.2, 0.25) is 5.91 Å². The number of piperidine rings is 3. The van der Waals surface area contributed by atoms with Crippen LogP contribution in [0.3, 0.4) is 0 Å². The molecule has 5 heterocycles.